The van der Waals surface area contributed by atoms with Crippen LogP contribution < -0.4 is 5.73 Å². The molecule has 1 aromatic carbocycles. The van der Waals surface area contributed by atoms with Gasteiger partial charge in [-0.05, 0) is 25.0 Å². The van der Waals surface area contributed by atoms with Crippen molar-refractivity contribution >= 4 is 5.69 Å². The monoisotopic (exact) mass is 227 g/mol. The lowest BCUT2D eigenvalue weighted by Gasteiger charge is -2.19. The number of nitrogens with zero attached hydrogens (tertiary/aromatic N) is 2. The molecule has 88 valence electrons. The smallest absolute Gasteiger partial charge is 0.112 e. The first-order valence-corrected chi connectivity index (χ1v) is 6.17. The number of imidazole rings is 1. The second kappa shape index (κ2) is 3.91. The van der Waals surface area contributed by atoms with Crippen molar-refractivity contribution in [3.8, 4) is 11.3 Å². The van der Waals surface area contributed by atoms with Crippen molar-refractivity contribution in [1.29, 1.82) is 0 Å². The molecule has 0 aliphatic carbocycles. The minimum atomic E-state index is 0.568. The van der Waals surface area contributed by atoms with E-state index < -0.39 is 0 Å². The van der Waals surface area contributed by atoms with Crippen LogP contribution in [0.1, 0.15) is 31.5 Å². The van der Waals surface area contributed by atoms with Gasteiger partial charge in [0.05, 0.1) is 5.69 Å². The molecule has 0 bridgehead atoms. The van der Waals surface area contributed by atoms with Gasteiger partial charge in [-0.2, -0.15) is 0 Å². The molecule has 0 fully saturated rings. The van der Waals surface area contributed by atoms with Crippen LogP contribution in [0.5, 0.6) is 0 Å². The second-order valence-corrected chi connectivity index (χ2v) is 4.85. The average molecular weight is 227 g/mol. The quantitative estimate of drug-likeness (QED) is 0.761. The molecule has 1 atom stereocenters. The molecule has 1 aromatic heterocycles. The summed E-state index contributed by atoms with van der Waals surface area (Å²) in [4.78, 5) is 4.75. The molecule has 3 nitrogen and oxygen atoms in total. The summed E-state index contributed by atoms with van der Waals surface area (Å²) in [6, 6.07) is 7.93. The maximum absolute atomic E-state index is 5.81. The van der Waals surface area contributed by atoms with Crippen molar-refractivity contribution in [2.75, 3.05) is 5.73 Å². The highest BCUT2D eigenvalue weighted by atomic mass is 15.1. The lowest BCUT2D eigenvalue weighted by molar-refractivity contribution is 0.463. The van der Waals surface area contributed by atoms with Crippen molar-refractivity contribution in [2.45, 2.75) is 32.2 Å². The Kier molecular flexibility index (Phi) is 2.39. The Bertz CT molecular complexity index is 542. The highest BCUT2D eigenvalue weighted by molar-refractivity contribution is 5.63. The highest BCUT2D eigenvalue weighted by Gasteiger charge is 2.19. The third kappa shape index (κ3) is 1.82. The normalized spacial score (nSPS) is 19.0. The van der Waals surface area contributed by atoms with Gasteiger partial charge in [0.15, 0.2) is 0 Å². The minimum absolute atomic E-state index is 0.568. The summed E-state index contributed by atoms with van der Waals surface area (Å²) in [5.74, 6) is 1.78. The first-order chi connectivity index (χ1) is 8.24. The van der Waals surface area contributed by atoms with E-state index in [2.05, 4.69) is 23.8 Å². The predicted octanol–water partition coefficient (Wildman–Crippen LogP) is 3.03. The van der Waals surface area contributed by atoms with Crippen LogP contribution in [0.4, 0.5) is 5.69 Å². The molecule has 1 aliphatic heterocycles. The zero-order valence-corrected chi connectivity index (χ0v) is 10.1. The van der Waals surface area contributed by atoms with E-state index in [1.165, 1.54) is 18.7 Å². The van der Waals surface area contributed by atoms with Gasteiger partial charge < -0.3 is 10.3 Å². The number of anilines is 1. The van der Waals surface area contributed by atoms with Crippen molar-refractivity contribution in [3.05, 3.63) is 36.3 Å². The fraction of sp³-hybridized carbons (Fsp3) is 0.357. The molecule has 0 radical (unpaired) electrons. The largest absolute Gasteiger partial charge is 0.399 e. The summed E-state index contributed by atoms with van der Waals surface area (Å²) in [6.07, 6.45) is 4.65. The fourth-order valence-corrected chi connectivity index (χ4v) is 2.54. The molecule has 0 spiro atoms. The first kappa shape index (κ1) is 10.4. The van der Waals surface area contributed by atoms with Crippen LogP contribution in [0.25, 0.3) is 11.3 Å². The molecule has 3 heteroatoms. The molecule has 0 saturated heterocycles. The Morgan fingerprint density at radius 2 is 2.29 bits per heavy atom. The van der Waals surface area contributed by atoms with E-state index in [4.69, 9.17) is 10.7 Å². The molecule has 0 amide bonds. The SMILES string of the molecule is CC1CCCn2cc(-c3cccc(N)c3)nc21. The van der Waals surface area contributed by atoms with Gasteiger partial charge in [-0.3, -0.25) is 0 Å². The lowest BCUT2D eigenvalue weighted by atomic mass is 10.0. The first-order valence-electron chi connectivity index (χ1n) is 6.17. The van der Waals surface area contributed by atoms with Crippen LogP contribution in [0.3, 0.4) is 0 Å². The number of aromatic nitrogens is 2. The molecule has 2 heterocycles. The van der Waals surface area contributed by atoms with Gasteiger partial charge in [-0.1, -0.05) is 19.1 Å². The Hall–Kier alpha value is -1.77. The topological polar surface area (TPSA) is 43.8 Å². The molecule has 0 saturated carbocycles. The van der Waals surface area contributed by atoms with Gasteiger partial charge in [0, 0.05) is 29.9 Å². The van der Waals surface area contributed by atoms with Crippen molar-refractivity contribution in [1.82, 2.24) is 9.55 Å². The zero-order chi connectivity index (χ0) is 11.8. The Labute approximate surface area is 101 Å². The van der Waals surface area contributed by atoms with E-state index in [0.717, 1.165) is 23.5 Å². The summed E-state index contributed by atoms with van der Waals surface area (Å²) in [5.41, 5.74) is 8.76. The molecule has 1 aliphatic rings. The van der Waals surface area contributed by atoms with Crippen LogP contribution in [0.2, 0.25) is 0 Å². The zero-order valence-electron chi connectivity index (χ0n) is 10.1. The molecular weight excluding hydrogens is 210 g/mol. The van der Waals surface area contributed by atoms with Gasteiger partial charge in [-0.15, -0.1) is 0 Å². The Morgan fingerprint density at radius 1 is 1.41 bits per heavy atom. The van der Waals surface area contributed by atoms with E-state index in [0.29, 0.717) is 5.92 Å². The molecule has 3 rings (SSSR count). The molecule has 2 aromatic rings. The van der Waals surface area contributed by atoms with Crippen LogP contribution >= 0.6 is 0 Å². The maximum Gasteiger partial charge on any atom is 0.112 e. The van der Waals surface area contributed by atoms with Gasteiger partial charge in [0.1, 0.15) is 5.82 Å². The minimum Gasteiger partial charge on any atom is -0.399 e. The lowest BCUT2D eigenvalue weighted by Crippen LogP contribution is -2.12. The number of benzene rings is 1. The average Bonchev–Trinajstić information content (AvgIpc) is 2.74. The number of nitrogen functional groups attached to an aromatic ring is 1. The third-order valence-electron chi connectivity index (χ3n) is 3.47. The summed E-state index contributed by atoms with van der Waals surface area (Å²) in [7, 11) is 0. The van der Waals surface area contributed by atoms with Gasteiger partial charge >= 0.3 is 0 Å². The van der Waals surface area contributed by atoms with E-state index in [-0.39, 0.29) is 0 Å². The van der Waals surface area contributed by atoms with Crippen molar-refractivity contribution in [2.24, 2.45) is 0 Å². The second-order valence-electron chi connectivity index (χ2n) is 4.85. The number of fused-ring (bicyclic) bond motifs is 1. The third-order valence-corrected chi connectivity index (χ3v) is 3.47. The predicted molar refractivity (Wildman–Crippen MR) is 69.7 cm³/mol. The van der Waals surface area contributed by atoms with E-state index in [1.54, 1.807) is 0 Å². The van der Waals surface area contributed by atoms with Crippen LogP contribution in [-0.4, -0.2) is 9.55 Å². The Balaban J connectivity index is 2.05. The van der Waals surface area contributed by atoms with Gasteiger partial charge in [-0.25, -0.2) is 4.98 Å². The number of nitrogens with two attached hydrogens (primary N) is 1. The van der Waals surface area contributed by atoms with Crippen LogP contribution in [-0.2, 0) is 6.54 Å². The summed E-state index contributed by atoms with van der Waals surface area (Å²) in [5, 5.41) is 0. The fourth-order valence-electron chi connectivity index (χ4n) is 2.54. The van der Waals surface area contributed by atoms with Crippen LogP contribution in [0.15, 0.2) is 30.5 Å². The number of hydrogen-bond donors (Lipinski definition) is 1. The summed E-state index contributed by atoms with van der Waals surface area (Å²) >= 11 is 0. The Morgan fingerprint density at radius 3 is 3.06 bits per heavy atom. The summed E-state index contributed by atoms with van der Waals surface area (Å²) in [6.45, 7) is 3.34. The van der Waals surface area contributed by atoms with Crippen molar-refractivity contribution in [3.63, 3.8) is 0 Å². The molecular formula is C14H17N3. The summed E-state index contributed by atoms with van der Waals surface area (Å²) < 4.78 is 2.28. The molecule has 1 unspecified atom stereocenters. The standard InChI is InChI=1S/C14H17N3/c1-10-4-3-7-17-9-13(16-14(10)17)11-5-2-6-12(15)8-11/h2,5-6,8-10H,3-4,7,15H2,1H3. The van der Waals surface area contributed by atoms with E-state index in [9.17, 15) is 0 Å². The molecule has 2 N–H and O–H groups in total. The number of hydrogen-bond acceptors (Lipinski definition) is 2. The molecule has 17 heavy (non-hydrogen) atoms. The van der Waals surface area contributed by atoms with E-state index in [1.807, 2.05) is 18.2 Å². The van der Waals surface area contributed by atoms with Crippen molar-refractivity contribution < 1.29 is 0 Å². The highest BCUT2D eigenvalue weighted by Crippen LogP contribution is 2.29. The van der Waals surface area contributed by atoms with E-state index >= 15 is 0 Å². The number of aryl methyl sites for hydroxylation is 1. The van der Waals surface area contributed by atoms with Gasteiger partial charge in [0.25, 0.3) is 0 Å². The van der Waals surface area contributed by atoms with Crippen LogP contribution in [0, 0.1) is 0 Å². The van der Waals surface area contributed by atoms with Gasteiger partial charge in [0.2, 0.25) is 0 Å². The number of rotatable bonds is 1. The maximum atomic E-state index is 5.81.